The van der Waals surface area contributed by atoms with Crippen molar-refractivity contribution in [1.82, 2.24) is 14.9 Å². The standard InChI is InChI=1S/C21H24N4O3S/c1-13-18(29-21(22)24-13)20(26)25-8-4-6-15(12-25)19-23-11-17(28-19)10-14-5-3-7-16(9-14)27-2/h3,5,7,9,11,15H,4,6,8,10,12H2,1-2H3,(H2,22,24)/t15-/m1/s1. The van der Waals surface area contributed by atoms with Crippen LogP contribution < -0.4 is 10.5 Å². The van der Waals surface area contributed by atoms with E-state index in [9.17, 15) is 4.79 Å². The Labute approximate surface area is 173 Å². The van der Waals surface area contributed by atoms with Gasteiger partial charge in [0.05, 0.1) is 24.9 Å². The first-order chi connectivity index (χ1) is 14.0. The van der Waals surface area contributed by atoms with Gasteiger partial charge in [0, 0.05) is 19.5 Å². The lowest BCUT2D eigenvalue weighted by atomic mass is 9.98. The summed E-state index contributed by atoms with van der Waals surface area (Å²) in [7, 11) is 1.66. The molecule has 152 valence electrons. The van der Waals surface area contributed by atoms with E-state index in [0.29, 0.717) is 34.6 Å². The van der Waals surface area contributed by atoms with Crippen molar-refractivity contribution in [3.63, 3.8) is 0 Å². The second-order valence-corrected chi connectivity index (χ2v) is 8.28. The van der Waals surface area contributed by atoms with E-state index in [2.05, 4.69) is 9.97 Å². The Morgan fingerprint density at radius 2 is 2.31 bits per heavy atom. The second-order valence-electron chi connectivity index (χ2n) is 7.25. The number of oxazole rings is 1. The number of aryl methyl sites for hydroxylation is 1. The largest absolute Gasteiger partial charge is 0.497 e. The van der Waals surface area contributed by atoms with Gasteiger partial charge >= 0.3 is 0 Å². The zero-order valence-corrected chi connectivity index (χ0v) is 17.4. The number of methoxy groups -OCH3 is 1. The van der Waals surface area contributed by atoms with E-state index in [-0.39, 0.29) is 11.8 Å². The molecule has 2 aromatic heterocycles. The number of thiazole rings is 1. The summed E-state index contributed by atoms with van der Waals surface area (Å²) in [6.07, 6.45) is 4.30. The smallest absolute Gasteiger partial charge is 0.265 e. The van der Waals surface area contributed by atoms with Crippen molar-refractivity contribution in [3.8, 4) is 5.75 Å². The van der Waals surface area contributed by atoms with Crippen molar-refractivity contribution in [1.29, 1.82) is 0 Å². The number of amides is 1. The maximum absolute atomic E-state index is 12.9. The third-order valence-electron chi connectivity index (χ3n) is 5.15. The molecule has 7 nitrogen and oxygen atoms in total. The normalized spacial score (nSPS) is 16.8. The van der Waals surface area contributed by atoms with Crippen LogP contribution in [0.1, 0.15) is 51.3 Å². The number of hydrogen-bond acceptors (Lipinski definition) is 7. The van der Waals surface area contributed by atoms with Crippen LogP contribution in [0.15, 0.2) is 34.9 Å². The van der Waals surface area contributed by atoms with Gasteiger partial charge in [-0.2, -0.15) is 0 Å². The average Bonchev–Trinajstić information content (AvgIpc) is 3.33. The summed E-state index contributed by atoms with van der Waals surface area (Å²) in [5, 5.41) is 0.425. The SMILES string of the molecule is COc1cccc(Cc2cnc([C@@H]3CCCN(C(=O)c4sc(N)nc4C)C3)o2)c1. The van der Waals surface area contributed by atoms with Crippen molar-refractivity contribution < 1.29 is 13.9 Å². The predicted octanol–water partition coefficient (Wildman–Crippen LogP) is 3.64. The molecule has 1 amide bonds. The number of anilines is 1. The molecule has 0 spiro atoms. The van der Waals surface area contributed by atoms with Gasteiger partial charge in [-0.05, 0) is 37.5 Å². The van der Waals surface area contributed by atoms with Crippen LogP contribution in [0.25, 0.3) is 0 Å². The highest BCUT2D eigenvalue weighted by Gasteiger charge is 2.30. The minimum Gasteiger partial charge on any atom is -0.497 e. The Morgan fingerprint density at radius 3 is 3.07 bits per heavy atom. The van der Waals surface area contributed by atoms with Crippen molar-refractivity contribution >= 4 is 22.4 Å². The molecule has 0 bridgehead atoms. The highest BCUT2D eigenvalue weighted by molar-refractivity contribution is 7.17. The van der Waals surface area contributed by atoms with Crippen LogP contribution in [0, 0.1) is 6.92 Å². The molecule has 0 radical (unpaired) electrons. The summed E-state index contributed by atoms with van der Waals surface area (Å²) >= 11 is 1.25. The second kappa shape index (κ2) is 8.24. The number of likely N-dealkylation sites (tertiary alicyclic amines) is 1. The fraction of sp³-hybridized carbons (Fsp3) is 0.381. The molecule has 1 fully saturated rings. The first-order valence-corrected chi connectivity index (χ1v) is 10.4. The lowest BCUT2D eigenvalue weighted by molar-refractivity contribution is 0.0702. The monoisotopic (exact) mass is 412 g/mol. The van der Waals surface area contributed by atoms with Crippen LogP contribution in [0.4, 0.5) is 5.13 Å². The quantitative estimate of drug-likeness (QED) is 0.687. The number of aromatic nitrogens is 2. The van der Waals surface area contributed by atoms with Gasteiger partial charge in [-0.3, -0.25) is 4.79 Å². The van der Waals surface area contributed by atoms with E-state index < -0.39 is 0 Å². The van der Waals surface area contributed by atoms with Gasteiger partial charge in [0.1, 0.15) is 16.4 Å². The predicted molar refractivity (Wildman–Crippen MR) is 111 cm³/mol. The number of nitrogens with two attached hydrogens (primary N) is 1. The molecular weight excluding hydrogens is 388 g/mol. The van der Waals surface area contributed by atoms with Gasteiger partial charge in [0.15, 0.2) is 11.0 Å². The van der Waals surface area contributed by atoms with Gasteiger partial charge < -0.3 is 19.8 Å². The van der Waals surface area contributed by atoms with Crippen LogP contribution in [0.3, 0.4) is 0 Å². The summed E-state index contributed by atoms with van der Waals surface area (Å²) < 4.78 is 11.3. The maximum Gasteiger partial charge on any atom is 0.265 e. The van der Waals surface area contributed by atoms with Crippen molar-refractivity contribution in [2.45, 2.75) is 32.1 Å². The van der Waals surface area contributed by atoms with Crippen LogP contribution in [0.2, 0.25) is 0 Å². The number of piperidine rings is 1. The van der Waals surface area contributed by atoms with Gasteiger partial charge in [-0.1, -0.05) is 23.5 Å². The zero-order valence-electron chi connectivity index (χ0n) is 16.6. The Morgan fingerprint density at radius 1 is 1.45 bits per heavy atom. The lowest BCUT2D eigenvalue weighted by Gasteiger charge is -2.31. The molecule has 1 saturated heterocycles. The van der Waals surface area contributed by atoms with Gasteiger partial charge in [-0.15, -0.1) is 0 Å². The number of carbonyl (C=O) groups excluding carboxylic acids is 1. The van der Waals surface area contributed by atoms with E-state index in [4.69, 9.17) is 14.9 Å². The van der Waals surface area contributed by atoms with Crippen molar-refractivity contribution in [2.24, 2.45) is 0 Å². The highest BCUT2D eigenvalue weighted by Crippen LogP contribution is 2.30. The minimum absolute atomic E-state index is 0.00967. The molecular formula is C21H24N4O3S. The summed E-state index contributed by atoms with van der Waals surface area (Å²) in [5.74, 6) is 2.41. The summed E-state index contributed by atoms with van der Waals surface area (Å²) in [6, 6.07) is 7.91. The molecule has 4 rings (SSSR count). The fourth-order valence-corrected chi connectivity index (χ4v) is 4.50. The third kappa shape index (κ3) is 4.27. The van der Waals surface area contributed by atoms with Crippen LogP contribution in [-0.2, 0) is 6.42 Å². The average molecular weight is 413 g/mol. The number of benzene rings is 1. The number of ether oxygens (including phenoxy) is 1. The van der Waals surface area contributed by atoms with Gasteiger partial charge in [0.2, 0.25) is 0 Å². The Kier molecular flexibility index (Phi) is 5.53. The van der Waals surface area contributed by atoms with E-state index in [1.165, 1.54) is 11.3 Å². The van der Waals surface area contributed by atoms with Crippen molar-refractivity contribution in [3.05, 3.63) is 58.2 Å². The molecule has 0 saturated carbocycles. The molecule has 2 N–H and O–H groups in total. The van der Waals surface area contributed by atoms with E-state index in [1.54, 1.807) is 13.3 Å². The van der Waals surface area contributed by atoms with E-state index >= 15 is 0 Å². The lowest BCUT2D eigenvalue weighted by Crippen LogP contribution is -2.39. The summed E-state index contributed by atoms with van der Waals surface area (Å²) in [5.41, 5.74) is 7.55. The van der Waals surface area contributed by atoms with E-state index in [0.717, 1.165) is 36.5 Å². The summed E-state index contributed by atoms with van der Waals surface area (Å²) in [4.78, 5) is 24.0. The van der Waals surface area contributed by atoms with Gasteiger partial charge in [-0.25, -0.2) is 9.97 Å². The van der Waals surface area contributed by atoms with E-state index in [1.807, 2.05) is 36.1 Å². The molecule has 0 aliphatic carbocycles. The Bertz CT molecular complexity index is 1010. The molecule has 0 unspecified atom stereocenters. The maximum atomic E-state index is 12.9. The number of nitrogen functional groups attached to an aromatic ring is 1. The molecule has 1 aliphatic heterocycles. The number of hydrogen-bond donors (Lipinski definition) is 1. The molecule has 3 aromatic rings. The molecule has 1 aliphatic rings. The topological polar surface area (TPSA) is 94.5 Å². The van der Waals surface area contributed by atoms with Gasteiger partial charge in [0.25, 0.3) is 5.91 Å². The van der Waals surface area contributed by atoms with Crippen molar-refractivity contribution in [2.75, 3.05) is 25.9 Å². The minimum atomic E-state index is -0.00967. The summed E-state index contributed by atoms with van der Waals surface area (Å²) in [6.45, 7) is 3.14. The number of carbonyl (C=O) groups is 1. The number of rotatable bonds is 5. The molecule has 3 heterocycles. The van der Waals surface area contributed by atoms with Crippen LogP contribution >= 0.6 is 11.3 Å². The first kappa shape index (κ1) is 19.4. The highest BCUT2D eigenvalue weighted by atomic mass is 32.1. The molecule has 1 atom stereocenters. The molecule has 1 aromatic carbocycles. The van der Waals surface area contributed by atoms with Crippen LogP contribution in [0.5, 0.6) is 5.75 Å². The Hall–Kier alpha value is -2.87. The fourth-order valence-electron chi connectivity index (χ4n) is 3.70. The number of nitrogens with zero attached hydrogens (tertiary/aromatic N) is 3. The third-order valence-corrected chi connectivity index (χ3v) is 6.12. The van der Waals surface area contributed by atoms with Crippen LogP contribution in [-0.4, -0.2) is 41.0 Å². The molecule has 29 heavy (non-hydrogen) atoms. The Balaban J connectivity index is 1.45. The first-order valence-electron chi connectivity index (χ1n) is 9.63. The zero-order chi connectivity index (χ0) is 20.4. The molecule has 8 heteroatoms.